The number of aliphatic hydroxyl groups is 5. The average Bonchev–Trinajstić information content (AvgIpc) is 3.30. The third kappa shape index (κ3) is 7.90. The number of aromatic amines is 1. The Kier molecular flexibility index (Phi) is 11.1. The molecule has 8 N–H and O–H groups in total. The summed E-state index contributed by atoms with van der Waals surface area (Å²) in [6.07, 6.45) is -5.88. The fourth-order valence-electron chi connectivity index (χ4n) is 4.37. The number of H-pyrrole nitrogens is 1. The summed E-state index contributed by atoms with van der Waals surface area (Å²) in [4.78, 5) is 12.1. The van der Waals surface area contributed by atoms with Crippen molar-refractivity contribution in [3.8, 4) is 5.88 Å². The van der Waals surface area contributed by atoms with Crippen LogP contribution >= 0.6 is 0 Å². The van der Waals surface area contributed by atoms with Gasteiger partial charge in [-0.2, -0.15) is 0 Å². The molecule has 6 atom stereocenters. The molecule has 0 spiro atoms. The van der Waals surface area contributed by atoms with Gasteiger partial charge in [0.25, 0.3) is 0 Å². The van der Waals surface area contributed by atoms with Gasteiger partial charge in [0.1, 0.15) is 24.4 Å². The molecule has 2 amide bonds. The van der Waals surface area contributed by atoms with Crippen LogP contribution in [-0.2, 0) is 17.6 Å². The fraction of sp³-hybridized carbons (Fsp3) is 0.630. The summed E-state index contributed by atoms with van der Waals surface area (Å²) in [6.45, 7) is 7.65. The van der Waals surface area contributed by atoms with E-state index in [-0.39, 0.29) is 36.4 Å². The zero-order chi connectivity index (χ0) is 28.7. The molecule has 0 unspecified atom stereocenters. The Hall–Kier alpha value is -2.74. The van der Waals surface area contributed by atoms with Crippen LogP contribution in [0.3, 0.4) is 0 Å². The molecule has 1 aliphatic rings. The summed E-state index contributed by atoms with van der Waals surface area (Å²) < 4.78 is 11.3. The van der Waals surface area contributed by atoms with Gasteiger partial charge in [-0.1, -0.05) is 52.0 Å². The van der Waals surface area contributed by atoms with Crippen LogP contribution in [0.5, 0.6) is 5.88 Å². The molecule has 0 saturated carbocycles. The van der Waals surface area contributed by atoms with Crippen molar-refractivity contribution in [1.29, 1.82) is 0 Å². The van der Waals surface area contributed by atoms with Crippen molar-refractivity contribution < 1.29 is 39.8 Å². The number of urea groups is 1. The second-order valence-corrected chi connectivity index (χ2v) is 10.6. The van der Waals surface area contributed by atoms with E-state index in [1.165, 1.54) is 0 Å². The van der Waals surface area contributed by atoms with Gasteiger partial charge >= 0.3 is 6.03 Å². The lowest BCUT2D eigenvalue weighted by Crippen LogP contribution is -2.60. The van der Waals surface area contributed by atoms with Gasteiger partial charge in [0.2, 0.25) is 12.2 Å². The monoisotopic (exact) mass is 550 g/mol. The second-order valence-electron chi connectivity index (χ2n) is 10.6. The molecule has 1 aromatic heterocycles. The molecule has 218 valence electrons. The van der Waals surface area contributed by atoms with Gasteiger partial charge in [0, 0.05) is 24.2 Å². The number of nitrogens with one attached hydrogen (secondary N) is 3. The van der Waals surface area contributed by atoms with Gasteiger partial charge in [-0.15, -0.1) is 5.10 Å². The number of ether oxygens (including phenoxy) is 2. The highest BCUT2D eigenvalue weighted by Gasteiger charge is 2.45. The minimum atomic E-state index is -1.55. The molecule has 1 saturated heterocycles. The molecule has 1 aliphatic heterocycles. The third-order valence-electron chi connectivity index (χ3n) is 6.94. The van der Waals surface area contributed by atoms with Crippen molar-refractivity contribution in [3.05, 3.63) is 46.6 Å². The predicted molar refractivity (Wildman–Crippen MR) is 142 cm³/mol. The Morgan fingerprint density at radius 3 is 2.31 bits per heavy atom. The van der Waals surface area contributed by atoms with E-state index < -0.39 is 37.3 Å². The number of rotatable bonds is 12. The molecule has 3 rings (SSSR count). The van der Waals surface area contributed by atoms with Crippen molar-refractivity contribution in [2.45, 2.75) is 83.2 Å². The lowest BCUT2D eigenvalue weighted by molar-refractivity contribution is -0.278. The summed E-state index contributed by atoms with van der Waals surface area (Å²) in [5, 5.41) is 62.1. The molecular formula is C27H42N4O8. The number of hydrogen-bond donors (Lipinski definition) is 8. The van der Waals surface area contributed by atoms with Gasteiger partial charge in [0.05, 0.1) is 19.3 Å². The van der Waals surface area contributed by atoms with Crippen LogP contribution in [0.4, 0.5) is 4.79 Å². The summed E-state index contributed by atoms with van der Waals surface area (Å²) in [6, 6.07) is 7.31. The zero-order valence-corrected chi connectivity index (χ0v) is 22.9. The van der Waals surface area contributed by atoms with E-state index in [1.807, 2.05) is 52.0 Å². The molecule has 39 heavy (non-hydrogen) atoms. The first-order chi connectivity index (χ1) is 18.5. The molecule has 0 aliphatic carbocycles. The minimum Gasteiger partial charge on any atom is -0.443 e. The van der Waals surface area contributed by atoms with Crippen LogP contribution in [0.2, 0.25) is 0 Å². The van der Waals surface area contributed by atoms with Gasteiger partial charge < -0.3 is 45.6 Å². The number of carbonyl (C=O) groups is 1. The van der Waals surface area contributed by atoms with Gasteiger partial charge in [-0.3, -0.25) is 5.10 Å². The van der Waals surface area contributed by atoms with Crippen LogP contribution in [0, 0.1) is 5.92 Å². The summed E-state index contributed by atoms with van der Waals surface area (Å²) in [7, 11) is 0. The number of carbonyl (C=O) groups excluding carboxylic acids is 1. The van der Waals surface area contributed by atoms with Gasteiger partial charge in [0.15, 0.2) is 0 Å². The van der Waals surface area contributed by atoms with E-state index in [1.54, 1.807) is 0 Å². The number of aliphatic hydroxyl groups excluding tert-OH is 5. The van der Waals surface area contributed by atoms with Gasteiger partial charge in [-0.05, 0) is 29.4 Å². The van der Waals surface area contributed by atoms with E-state index in [2.05, 4.69) is 20.8 Å². The van der Waals surface area contributed by atoms with Gasteiger partial charge in [-0.25, -0.2) is 4.79 Å². The number of aromatic nitrogens is 2. The van der Waals surface area contributed by atoms with Crippen LogP contribution in [-0.4, -0.2) is 98.3 Å². The molecule has 1 fully saturated rings. The van der Waals surface area contributed by atoms with Crippen molar-refractivity contribution >= 4 is 6.03 Å². The number of nitrogens with zero attached hydrogens (tertiary/aromatic N) is 1. The number of benzene rings is 1. The van der Waals surface area contributed by atoms with Crippen LogP contribution in [0.15, 0.2) is 24.3 Å². The minimum absolute atomic E-state index is 0.0947. The van der Waals surface area contributed by atoms with E-state index in [0.717, 1.165) is 22.4 Å². The Morgan fingerprint density at radius 2 is 1.72 bits per heavy atom. The molecule has 2 aromatic rings. The summed E-state index contributed by atoms with van der Waals surface area (Å²) in [5.74, 6) is 0.421. The number of hydrogen-bond acceptors (Lipinski definition) is 9. The largest absolute Gasteiger partial charge is 0.443 e. The van der Waals surface area contributed by atoms with Crippen molar-refractivity contribution in [2.75, 3.05) is 19.8 Å². The lowest BCUT2D eigenvalue weighted by Gasteiger charge is -2.39. The fourth-order valence-corrected chi connectivity index (χ4v) is 4.37. The third-order valence-corrected chi connectivity index (χ3v) is 6.94. The standard InChI is InChI=1S/C27H42N4O8/c1-14(2)19(12-32)29-27(37)28-10-9-16-5-7-17(8-6-16)11-18-21(15(3)4)30-31-25(18)39-26-24(36)23(35)22(34)20(13-33)38-26/h5-8,14-15,19-20,22-24,26,32-36H,9-13H2,1-4H3,(H,30,31)(H2,28,29,37)/t19-,20-,22-,23+,24-,26+/m1/s1. The molecule has 0 radical (unpaired) electrons. The van der Waals surface area contributed by atoms with E-state index in [4.69, 9.17) is 9.47 Å². The SMILES string of the molecule is CC(C)c1[nH]nc(O[C@@H]2O[C@H](CO)[C@@H](O)[C@H](O)[C@H]2O)c1Cc1ccc(CCNC(=O)N[C@H](CO)C(C)C)cc1. The lowest BCUT2D eigenvalue weighted by atomic mass is 9.98. The predicted octanol–water partition coefficient (Wildman–Crippen LogP) is 0.161. The molecule has 1 aromatic carbocycles. The maximum absolute atomic E-state index is 12.1. The molecule has 2 heterocycles. The first-order valence-corrected chi connectivity index (χ1v) is 13.3. The summed E-state index contributed by atoms with van der Waals surface area (Å²) in [5.41, 5.74) is 3.62. The number of amides is 2. The first kappa shape index (κ1) is 30.8. The van der Waals surface area contributed by atoms with Crippen LogP contribution < -0.4 is 15.4 Å². The average molecular weight is 551 g/mol. The van der Waals surface area contributed by atoms with Crippen molar-refractivity contribution in [1.82, 2.24) is 20.8 Å². The normalized spacial score (nSPS) is 24.1. The molecule has 0 bridgehead atoms. The molecule has 12 nitrogen and oxygen atoms in total. The van der Waals surface area contributed by atoms with E-state index in [0.29, 0.717) is 19.4 Å². The maximum atomic E-state index is 12.1. The highest BCUT2D eigenvalue weighted by atomic mass is 16.7. The Bertz CT molecular complexity index is 1040. The smallest absolute Gasteiger partial charge is 0.315 e. The maximum Gasteiger partial charge on any atom is 0.315 e. The topological polar surface area (TPSA) is 189 Å². The second kappa shape index (κ2) is 14.1. The quantitative estimate of drug-likeness (QED) is 0.182. The first-order valence-electron chi connectivity index (χ1n) is 13.3. The Balaban J connectivity index is 1.64. The van der Waals surface area contributed by atoms with Crippen molar-refractivity contribution in [2.24, 2.45) is 5.92 Å². The summed E-state index contributed by atoms with van der Waals surface area (Å²) >= 11 is 0. The van der Waals surface area contributed by atoms with Crippen LogP contribution in [0.25, 0.3) is 0 Å². The molecule has 12 heteroatoms. The van der Waals surface area contributed by atoms with Crippen LogP contribution in [0.1, 0.15) is 56.0 Å². The zero-order valence-electron chi connectivity index (χ0n) is 22.9. The Morgan fingerprint density at radius 1 is 1.05 bits per heavy atom. The highest BCUT2D eigenvalue weighted by Crippen LogP contribution is 2.31. The molecular weight excluding hydrogens is 508 g/mol. The van der Waals surface area contributed by atoms with Crippen molar-refractivity contribution in [3.63, 3.8) is 0 Å². The highest BCUT2D eigenvalue weighted by molar-refractivity contribution is 5.74. The Labute approximate surface area is 228 Å². The van der Waals surface area contributed by atoms with E-state index in [9.17, 15) is 30.3 Å². The van der Waals surface area contributed by atoms with E-state index >= 15 is 0 Å².